The molecule has 34 heavy (non-hydrogen) atoms. The second-order valence-corrected chi connectivity index (χ2v) is 8.17. The van der Waals surface area contributed by atoms with Crippen molar-refractivity contribution in [3.63, 3.8) is 0 Å². The van der Waals surface area contributed by atoms with E-state index in [1.54, 1.807) is 37.6 Å². The lowest BCUT2D eigenvalue weighted by molar-refractivity contribution is -0.125. The molecule has 2 heterocycles. The van der Waals surface area contributed by atoms with Gasteiger partial charge in [0, 0.05) is 37.3 Å². The number of pyridine rings is 1. The van der Waals surface area contributed by atoms with Crippen molar-refractivity contribution in [1.82, 2.24) is 10.3 Å². The molecule has 4 rings (SSSR count). The fourth-order valence-corrected chi connectivity index (χ4v) is 3.98. The number of rotatable bonds is 7. The van der Waals surface area contributed by atoms with E-state index in [4.69, 9.17) is 4.74 Å². The van der Waals surface area contributed by atoms with Gasteiger partial charge in [0.2, 0.25) is 5.91 Å². The minimum Gasteiger partial charge on any atom is -0.497 e. The zero-order valence-electron chi connectivity index (χ0n) is 19.0. The Morgan fingerprint density at radius 1 is 1.09 bits per heavy atom. The van der Waals surface area contributed by atoms with Gasteiger partial charge in [-0.25, -0.2) is 9.37 Å². The quantitative estimate of drug-likeness (QED) is 0.554. The molecule has 0 aliphatic carbocycles. The van der Waals surface area contributed by atoms with E-state index in [2.05, 4.69) is 20.5 Å². The van der Waals surface area contributed by atoms with Crippen molar-refractivity contribution in [2.24, 2.45) is 5.92 Å². The first-order valence-corrected chi connectivity index (χ1v) is 11.2. The van der Waals surface area contributed by atoms with Gasteiger partial charge in [-0.1, -0.05) is 24.3 Å². The number of methoxy groups -OCH3 is 1. The normalized spacial score (nSPS) is 13.9. The van der Waals surface area contributed by atoms with E-state index in [9.17, 15) is 14.0 Å². The Bertz CT molecular complexity index is 1160. The molecule has 1 aromatic heterocycles. The van der Waals surface area contributed by atoms with Crippen LogP contribution in [0.4, 0.5) is 15.9 Å². The standard InChI is InChI=1S/C26H27FN4O3/c1-34-21-6-4-5-18(15-21)17-29-25(32)19-10-13-31(14-11-19)24-16-20(9-12-28-24)26(33)30-23-8-3-2-7-22(23)27/h2-9,12,15-16,19H,10-11,13-14,17H2,1H3,(H,29,32)(H,30,33). The monoisotopic (exact) mass is 462 g/mol. The van der Waals surface area contributed by atoms with E-state index in [0.717, 1.165) is 11.3 Å². The molecule has 0 radical (unpaired) electrons. The van der Waals surface area contributed by atoms with Gasteiger partial charge in [-0.05, 0) is 54.8 Å². The minimum atomic E-state index is -0.489. The summed E-state index contributed by atoms with van der Waals surface area (Å²) in [7, 11) is 1.62. The van der Waals surface area contributed by atoms with Crippen LogP contribution in [-0.4, -0.2) is 37.0 Å². The summed E-state index contributed by atoms with van der Waals surface area (Å²) in [6.45, 7) is 1.77. The van der Waals surface area contributed by atoms with Gasteiger partial charge in [-0.2, -0.15) is 0 Å². The van der Waals surface area contributed by atoms with Crippen molar-refractivity contribution in [3.8, 4) is 5.75 Å². The zero-order valence-corrected chi connectivity index (χ0v) is 19.0. The van der Waals surface area contributed by atoms with Crippen molar-refractivity contribution in [3.05, 3.63) is 83.8 Å². The number of nitrogens with zero attached hydrogens (tertiary/aromatic N) is 2. The number of nitrogens with one attached hydrogen (secondary N) is 2. The van der Waals surface area contributed by atoms with Crippen LogP contribution in [0.5, 0.6) is 5.75 Å². The number of carbonyl (C=O) groups excluding carboxylic acids is 2. The molecule has 2 N–H and O–H groups in total. The fourth-order valence-electron chi connectivity index (χ4n) is 3.98. The molecular formula is C26H27FN4O3. The highest BCUT2D eigenvalue weighted by molar-refractivity contribution is 6.04. The van der Waals surface area contributed by atoms with E-state index in [1.807, 2.05) is 24.3 Å². The van der Waals surface area contributed by atoms with Crippen LogP contribution in [-0.2, 0) is 11.3 Å². The summed E-state index contributed by atoms with van der Waals surface area (Å²) < 4.78 is 19.1. The van der Waals surface area contributed by atoms with Crippen LogP contribution < -0.4 is 20.3 Å². The highest BCUT2D eigenvalue weighted by atomic mass is 19.1. The highest BCUT2D eigenvalue weighted by Gasteiger charge is 2.26. The van der Waals surface area contributed by atoms with Crippen LogP contribution in [0.25, 0.3) is 0 Å². The summed E-state index contributed by atoms with van der Waals surface area (Å²) in [4.78, 5) is 31.7. The molecular weight excluding hydrogens is 435 g/mol. The van der Waals surface area contributed by atoms with Crippen molar-refractivity contribution in [1.29, 1.82) is 0 Å². The van der Waals surface area contributed by atoms with Gasteiger partial charge in [0.05, 0.1) is 12.8 Å². The number of ether oxygens (including phenoxy) is 1. The van der Waals surface area contributed by atoms with Gasteiger partial charge in [0.1, 0.15) is 17.4 Å². The zero-order chi connectivity index (χ0) is 23.9. The third kappa shape index (κ3) is 5.70. The van der Waals surface area contributed by atoms with Gasteiger partial charge in [0.25, 0.3) is 5.91 Å². The molecule has 7 nitrogen and oxygen atoms in total. The Morgan fingerprint density at radius 3 is 2.65 bits per heavy atom. The van der Waals surface area contributed by atoms with Crippen molar-refractivity contribution < 1.29 is 18.7 Å². The molecule has 2 amide bonds. The molecule has 176 valence electrons. The third-order valence-corrected chi connectivity index (χ3v) is 5.92. The lowest BCUT2D eigenvalue weighted by atomic mass is 9.95. The number of hydrogen-bond acceptors (Lipinski definition) is 5. The van der Waals surface area contributed by atoms with E-state index >= 15 is 0 Å². The van der Waals surface area contributed by atoms with Gasteiger partial charge in [0.15, 0.2) is 0 Å². The maximum Gasteiger partial charge on any atom is 0.255 e. The molecule has 1 saturated heterocycles. The summed E-state index contributed by atoms with van der Waals surface area (Å²) in [5, 5.41) is 5.61. The van der Waals surface area contributed by atoms with E-state index < -0.39 is 11.7 Å². The summed E-state index contributed by atoms with van der Waals surface area (Å²) in [5.41, 5.74) is 1.51. The average molecular weight is 463 g/mol. The van der Waals surface area contributed by atoms with Crippen LogP contribution in [0.3, 0.4) is 0 Å². The number of halogens is 1. The molecule has 1 aliphatic rings. The number of anilines is 2. The minimum absolute atomic E-state index is 0.0356. The van der Waals surface area contributed by atoms with Crippen LogP contribution in [0, 0.1) is 11.7 Å². The Morgan fingerprint density at radius 2 is 1.88 bits per heavy atom. The molecule has 0 spiro atoms. The number of piperidine rings is 1. The number of para-hydroxylation sites is 1. The van der Waals surface area contributed by atoms with Crippen molar-refractivity contribution >= 4 is 23.3 Å². The third-order valence-electron chi connectivity index (χ3n) is 5.92. The molecule has 2 aromatic carbocycles. The smallest absolute Gasteiger partial charge is 0.255 e. The molecule has 0 saturated carbocycles. The van der Waals surface area contributed by atoms with E-state index in [0.29, 0.717) is 43.9 Å². The molecule has 1 aliphatic heterocycles. The van der Waals surface area contributed by atoms with E-state index in [-0.39, 0.29) is 17.5 Å². The highest BCUT2D eigenvalue weighted by Crippen LogP contribution is 2.23. The predicted octanol–water partition coefficient (Wildman–Crippen LogP) is 4.01. The van der Waals surface area contributed by atoms with Crippen LogP contribution >= 0.6 is 0 Å². The predicted molar refractivity (Wildman–Crippen MR) is 128 cm³/mol. The molecule has 3 aromatic rings. The molecule has 0 atom stereocenters. The Labute approximate surface area is 198 Å². The van der Waals surface area contributed by atoms with Gasteiger partial charge < -0.3 is 20.3 Å². The second-order valence-electron chi connectivity index (χ2n) is 8.17. The lowest BCUT2D eigenvalue weighted by Crippen LogP contribution is -2.40. The Balaban J connectivity index is 1.31. The first kappa shape index (κ1) is 23.2. The fraction of sp³-hybridized carbons (Fsp3) is 0.269. The molecule has 1 fully saturated rings. The lowest BCUT2D eigenvalue weighted by Gasteiger charge is -2.32. The maximum absolute atomic E-state index is 13.8. The van der Waals surface area contributed by atoms with Gasteiger partial charge >= 0.3 is 0 Å². The summed E-state index contributed by atoms with van der Waals surface area (Å²) in [5.74, 6) is 0.495. The van der Waals surface area contributed by atoms with Gasteiger partial charge in [-0.3, -0.25) is 9.59 Å². The second kappa shape index (κ2) is 10.8. The van der Waals surface area contributed by atoms with E-state index in [1.165, 1.54) is 12.1 Å². The number of amides is 2. The number of carbonyl (C=O) groups is 2. The van der Waals surface area contributed by atoms with Gasteiger partial charge in [-0.15, -0.1) is 0 Å². The SMILES string of the molecule is COc1cccc(CNC(=O)C2CCN(c3cc(C(=O)Nc4ccccc4F)ccn3)CC2)c1. The van der Waals surface area contributed by atoms with Crippen LogP contribution in [0.15, 0.2) is 66.9 Å². The summed E-state index contributed by atoms with van der Waals surface area (Å²) in [6, 6.07) is 17.0. The van der Waals surface area contributed by atoms with Crippen LogP contribution in [0.1, 0.15) is 28.8 Å². The summed E-state index contributed by atoms with van der Waals surface area (Å²) >= 11 is 0. The number of aromatic nitrogens is 1. The maximum atomic E-state index is 13.8. The number of benzene rings is 2. The topological polar surface area (TPSA) is 83.6 Å². The van der Waals surface area contributed by atoms with Crippen LogP contribution in [0.2, 0.25) is 0 Å². The molecule has 0 unspecified atom stereocenters. The first-order valence-electron chi connectivity index (χ1n) is 11.2. The van der Waals surface area contributed by atoms with Crippen molar-refractivity contribution in [2.45, 2.75) is 19.4 Å². The largest absolute Gasteiger partial charge is 0.497 e. The molecule has 8 heteroatoms. The first-order chi connectivity index (χ1) is 16.5. The van der Waals surface area contributed by atoms with Crippen molar-refractivity contribution in [2.75, 3.05) is 30.4 Å². The average Bonchev–Trinajstić information content (AvgIpc) is 2.89. The Hall–Kier alpha value is -3.94. The molecule has 0 bridgehead atoms. The number of hydrogen-bond donors (Lipinski definition) is 2. The Kier molecular flexibility index (Phi) is 7.37. The summed E-state index contributed by atoms with van der Waals surface area (Å²) in [6.07, 6.45) is 2.95.